The molecule has 0 spiro atoms. The van der Waals surface area contributed by atoms with Crippen molar-refractivity contribution >= 4 is 0 Å². The number of hydrogen-bond donors (Lipinski definition) is 5. The number of aliphatic hydroxyl groups excluding tert-OH is 3. The molecular formula is C6H13Cl4N2O4Pt-. The van der Waals surface area contributed by atoms with E-state index in [-0.39, 0.29) is 76.9 Å². The van der Waals surface area contributed by atoms with Gasteiger partial charge in [-0.05, 0) is 0 Å². The van der Waals surface area contributed by atoms with Crippen LogP contribution in [-0.2, 0) is 25.8 Å². The van der Waals surface area contributed by atoms with Crippen molar-refractivity contribution in [1.82, 2.24) is 0 Å². The number of rotatable bonds is 1. The van der Waals surface area contributed by atoms with Crippen molar-refractivity contribution < 1.29 is 90.7 Å². The Balaban J connectivity index is -0.0000000960. The van der Waals surface area contributed by atoms with E-state index in [9.17, 15) is 10.2 Å². The molecule has 11 heteroatoms. The second-order valence-corrected chi connectivity index (χ2v) is 2.75. The summed E-state index contributed by atoms with van der Waals surface area (Å²) in [5.74, 6) is 0. The summed E-state index contributed by atoms with van der Waals surface area (Å²) in [5.41, 5.74) is 10.6. The van der Waals surface area contributed by atoms with Crippen LogP contribution in [0.1, 0.15) is 0 Å². The van der Waals surface area contributed by atoms with Gasteiger partial charge in [0, 0.05) is 0 Å². The fourth-order valence-corrected chi connectivity index (χ4v) is 1.07. The fraction of sp³-hybridized carbons (Fsp3) is 0.833. The molecule has 0 saturated carbocycles. The third kappa shape index (κ3) is 7.70. The van der Waals surface area contributed by atoms with E-state index >= 15 is 0 Å². The molecule has 0 aromatic rings. The summed E-state index contributed by atoms with van der Waals surface area (Å²) >= 11 is 0. The van der Waals surface area contributed by atoms with Gasteiger partial charge in [0.1, 0.15) is 6.10 Å². The molecule has 0 aromatic carbocycles. The monoisotopic (exact) mass is 512 g/mol. The maximum atomic E-state index is 9.25. The minimum atomic E-state index is -1.20. The molecule has 0 aromatic heterocycles. The first-order chi connectivity index (χ1) is 5.57. The molecule has 110 valence electrons. The van der Waals surface area contributed by atoms with Crippen molar-refractivity contribution in [2.45, 2.75) is 24.4 Å². The van der Waals surface area contributed by atoms with Crippen LogP contribution >= 0.6 is 0 Å². The minimum absolute atomic E-state index is 0. The van der Waals surface area contributed by atoms with Crippen LogP contribution in [0, 0.1) is 6.23 Å². The Hall–Kier alpha value is 1.61. The topological polar surface area (TPSA) is 122 Å². The van der Waals surface area contributed by atoms with Crippen LogP contribution in [0.4, 0.5) is 0 Å². The zero-order valence-electron chi connectivity index (χ0n) is 8.25. The van der Waals surface area contributed by atoms with Crippen LogP contribution in [0.15, 0.2) is 0 Å². The van der Waals surface area contributed by atoms with Gasteiger partial charge in [0.25, 0.3) is 0 Å². The quantitative estimate of drug-likeness (QED) is 0.222. The zero-order valence-corrected chi connectivity index (χ0v) is 13.5. The van der Waals surface area contributed by atoms with E-state index in [1.807, 2.05) is 0 Å². The van der Waals surface area contributed by atoms with Crippen LogP contribution in [0.25, 0.3) is 0 Å². The summed E-state index contributed by atoms with van der Waals surface area (Å²) in [6.45, 7) is -0.411. The van der Waals surface area contributed by atoms with Crippen LogP contribution in [0.5, 0.6) is 0 Å². The number of nitrogens with two attached hydrogens (primary N) is 2. The molecule has 0 unspecified atom stereocenters. The smallest absolute Gasteiger partial charge is 1.00 e. The molecule has 1 aliphatic heterocycles. The van der Waals surface area contributed by atoms with E-state index in [4.69, 9.17) is 21.3 Å². The summed E-state index contributed by atoms with van der Waals surface area (Å²) in [5, 5.41) is 27.2. The Morgan fingerprint density at radius 2 is 1.47 bits per heavy atom. The van der Waals surface area contributed by atoms with Gasteiger partial charge >= 0.3 is 21.1 Å². The van der Waals surface area contributed by atoms with Crippen LogP contribution in [0.3, 0.4) is 0 Å². The van der Waals surface area contributed by atoms with Crippen LogP contribution < -0.4 is 61.1 Å². The third-order valence-electron chi connectivity index (χ3n) is 1.89. The van der Waals surface area contributed by atoms with Crippen LogP contribution in [0.2, 0.25) is 0 Å². The molecule has 1 rings (SSSR count). The average molecular weight is 514 g/mol. The molecule has 1 heterocycles. The Bertz CT molecular complexity index is 170. The Morgan fingerprint density at radius 3 is 1.82 bits per heavy atom. The van der Waals surface area contributed by atoms with E-state index in [2.05, 4.69) is 0 Å². The largest absolute Gasteiger partial charge is 4.00 e. The van der Waals surface area contributed by atoms with Crippen molar-refractivity contribution in [3.8, 4) is 0 Å². The van der Waals surface area contributed by atoms with Crippen molar-refractivity contribution in [1.29, 1.82) is 0 Å². The second-order valence-electron chi connectivity index (χ2n) is 2.75. The number of aliphatic hydroxyl groups is 3. The van der Waals surface area contributed by atoms with Gasteiger partial charge in [0.05, 0.1) is 18.8 Å². The van der Waals surface area contributed by atoms with Gasteiger partial charge in [-0.1, -0.05) is 6.04 Å². The van der Waals surface area contributed by atoms with Gasteiger partial charge < -0.3 is 81.2 Å². The zero-order chi connectivity index (χ0) is 9.30. The summed E-state index contributed by atoms with van der Waals surface area (Å²) in [7, 11) is 0. The summed E-state index contributed by atoms with van der Waals surface area (Å²) in [6.07, 6.45) is -3.33. The molecule has 1 saturated heterocycles. The molecule has 6 nitrogen and oxygen atoms in total. The molecule has 0 radical (unpaired) electrons. The van der Waals surface area contributed by atoms with Crippen LogP contribution in [-0.4, -0.2) is 46.3 Å². The first-order valence-corrected chi connectivity index (χ1v) is 3.59. The first-order valence-electron chi connectivity index (χ1n) is 3.59. The van der Waals surface area contributed by atoms with Crippen molar-refractivity contribution in [3.63, 3.8) is 0 Å². The fourth-order valence-electron chi connectivity index (χ4n) is 1.07. The average Bonchev–Trinajstić information content (AvgIpc) is 2.08. The van der Waals surface area contributed by atoms with E-state index in [1.165, 1.54) is 0 Å². The molecule has 0 bridgehead atoms. The predicted molar refractivity (Wildman–Crippen MR) is 39.4 cm³/mol. The normalized spacial score (nSPS) is 31.6. The Kier molecular flexibility index (Phi) is 25.7. The Labute approximate surface area is 139 Å². The molecule has 4 atom stereocenters. The molecular weight excluding hydrogens is 501 g/mol. The van der Waals surface area contributed by atoms with Gasteiger partial charge in [-0.2, -0.15) is 0 Å². The maximum absolute atomic E-state index is 9.25. The van der Waals surface area contributed by atoms with Gasteiger partial charge in [-0.25, -0.2) is 0 Å². The molecule has 1 aliphatic rings. The standard InChI is InChI=1S/C6H13N2O4.4ClH.Pt/c7-3-5(11)4(10)2(1-9)12-6(3)8;;;;;/h2-5,9-11H,1,7-8H2;4*1H;/q-1;;;;;+4/p-4/t2-,3-,4-,5-;;;;;/m1...../s1. The SMILES string of the molecule is N[C-]1O[C@H](CO)[C@@H](O)[C@H](O)[C@H]1N.[Cl-].[Cl-].[Cl-].[Cl-].[Pt+4]. The van der Waals surface area contributed by atoms with E-state index in [0.29, 0.717) is 0 Å². The first kappa shape index (κ1) is 31.2. The number of halogens is 4. The predicted octanol–water partition coefficient (Wildman–Crippen LogP) is -15.1. The van der Waals surface area contributed by atoms with E-state index < -0.39 is 31.0 Å². The molecule has 0 amide bonds. The number of hydrogen-bond acceptors (Lipinski definition) is 6. The summed E-state index contributed by atoms with van der Waals surface area (Å²) in [6, 6.07) is -0.900. The van der Waals surface area contributed by atoms with Gasteiger partial charge in [0.2, 0.25) is 0 Å². The summed E-state index contributed by atoms with van der Waals surface area (Å²) < 4.78 is 4.84. The van der Waals surface area contributed by atoms with Crippen molar-refractivity contribution in [3.05, 3.63) is 6.23 Å². The minimum Gasteiger partial charge on any atom is -1.00 e. The van der Waals surface area contributed by atoms with E-state index in [1.54, 1.807) is 0 Å². The molecule has 7 N–H and O–H groups in total. The third-order valence-corrected chi connectivity index (χ3v) is 1.89. The Morgan fingerprint density at radius 1 is 1.06 bits per heavy atom. The van der Waals surface area contributed by atoms with E-state index in [0.717, 1.165) is 0 Å². The van der Waals surface area contributed by atoms with Gasteiger partial charge in [-0.3, -0.25) is 0 Å². The van der Waals surface area contributed by atoms with Gasteiger partial charge in [-0.15, -0.1) is 6.23 Å². The molecule has 0 aliphatic carbocycles. The van der Waals surface area contributed by atoms with Gasteiger partial charge in [0.15, 0.2) is 0 Å². The number of ether oxygens (including phenoxy) is 1. The maximum Gasteiger partial charge on any atom is 4.00 e. The molecule has 1 fully saturated rings. The second kappa shape index (κ2) is 14.0. The molecule has 17 heavy (non-hydrogen) atoms. The van der Waals surface area contributed by atoms with Crippen molar-refractivity contribution in [2.24, 2.45) is 11.5 Å². The summed E-state index contributed by atoms with van der Waals surface area (Å²) in [4.78, 5) is 0. The van der Waals surface area contributed by atoms with Crippen molar-refractivity contribution in [2.75, 3.05) is 6.61 Å².